The third-order valence-electron chi connectivity index (χ3n) is 9.12. The van der Waals surface area contributed by atoms with Crippen LogP contribution in [0.1, 0.15) is 138 Å². The molecule has 0 aliphatic heterocycles. The molecule has 3 rings (SSSR count). The number of benzene rings is 3. The lowest BCUT2D eigenvalue weighted by molar-refractivity contribution is 0.402. The van der Waals surface area contributed by atoms with E-state index in [9.17, 15) is 0 Å². The molecule has 1 atom stereocenters. The van der Waals surface area contributed by atoms with Crippen molar-refractivity contribution in [3.05, 3.63) is 111 Å². The molecule has 46 heavy (non-hydrogen) atoms. The fraction of sp³-hybridized carbons (Fsp3) is 0.511. The van der Waals surface area contributed by atoms with Crippen molar-refractivity contribution in [1.82, 2.24) is 0 Å². The standard InChI is InChI=1S/C34H42O.C11H24/c1-23-15-24(2)18-28(17-23)11-13-34(8,9)31-21-27(5)29(22-32(31)35-10)12-14-33(6,7)30-19-25(3)16-26(4)20-30;1-5-7-11(4)9-6-8-10(2)3/h11-22H,1-10H3;10-11H,5-9H2,1-4H3/b13-11+,14-12+;. The van der Waals surface area contributed by atoms with Crippen molar-refractivity contribution in [2.24, 2.45) is 11.8 Å². The van der Waals surface area contributed by atoms with Crippen molar-refractivity contribution in [3.63, 3.8) is 0 Å². The van der Waals surface area contributed by atoms with E-state index in [4.69, 9.17) is 4.74 Å². The minimum atomic E-state index is -0.172. The smallest absolute Gasteiger partial charge is 0.123 e. The fourth-order valence-electron chi connectivity index (χ4n) is 6.31. The van der Waals surface area contributed by atoms with Gasteiger partial charge in [0.25, 0.3) is 0 Å². The normalized spacial score (nSPS) is 12.9. The monoisotopic (exact) mass is 623 g/mol. The Morgan fingerprint density at radius 2 is 1.20 bits per heavy atom. The Hall–Kier alpha value is -3.06. The van der Waals surface area contributed by atoms with Crippen LogP contribution in [0.3, 0.4) is 0 Å². The van der Waals surface area contributed by atoms with Crippen LogP contribution in [0.15, 0.2) is 60.7 Å². The summed E-state index contributed by atoms with van der Waals surface area (Å²) in [5, 5.41) is 0. The maximum absolute atomic E-state index is 5.90. The number of methoxy groups -OCH3 is 1. The van der Waals surface area contributed by atoms with E-state index >= 15 is 0 Å². The van der Waals surface area contributed by atoms with Crippen molar-refractivity contribution < 1.29 is 4.74 Å². The molecule has 1 heteroatoms. The molecule has 0 amide bonds. The van der Waals surface area contributed by atoms with Gasteiger partial charge in [0.15, 0.2) is 0 Å². The molecule has 0 aliphatic rings. The first-order valence-corrected chi connectivity index (χ1v) is 17.7. The molecular formula is C45H66O. The van der Waals surface area contributed by atoms with Gasteiger partial charge in [0.2, 0.25) is 0 Å². The predicted octanol–water partition coefficient (Wildman–Crippen LogP) is 13.5. The van der Waals surface area contributed by atoms with E-state index in [0.717, 1.165) is 17.6 Å². The van der Waals surface area contributed by atoms with Gasteiger partial charge in [0, 0.05) is 16.4 Å². The van der Waals surface area contributed by atoms with Gasteiger partial charge in [-0.1, -0.05) is 177 Å². The molecule has 252 valence electrons. The van der Waals surface area contributed by atoms with Gasteiger partial charge in [-0.25, -0.2) is 0 Å². The van der Waals surface area contributed by atoms with Crippen LogP contribution in [0.2, 0.25) is 0 Å². The van der Waals surface area contributed by atoms with E-state index in [-0.39, 0.29) is 10.8 Å². The van der Waals surface area contributed by atoms with Crippen molar-refractivity contribution in [2.45, 2.75) is 133 Å². The van der Waals surface area contributed by atoms with Crippen molar-refractivity contribution in [2.75, 3.05) is 7.11 Å². The van der Waals surface area contributed by atoms with Crippen molar-refractivity contribution in [1.29, 1.82) is 0 Å². The van der Waals surface area contributed by atoms with E-state index in [2.05, 4.69) is 163 Å². The van der Waals surface area contributed by atoms with Gasteiger partial charge < -0.3 is 4.74 Å². The summed E-state index contributed by atoms with van der Waals surface area (Å²) in [6.07, 6.45) is 16.1. The van der Waals surface area contributed by atoms with Crippen LogP contribution in [0.25, 0.3) is 12.2 Å². The van der Waals surface area contributed by atoms with Crippen LogP contribution >= 0.6 is 0 Å². The maximum atomic E-state index is 5.90. The lowest BCUT2D eigenvalue weighted by atomic mass is 9.80. The Bertz CT molecular complexity index is 1410. The molecular weight excluding hydrogens is 556 g/mol. The molecule has 0 aliphatic carbocycles. The van der Waals surface area contributed by atoms with E-state index < -0.39 is 0 Å². The molecule has 0 aromatic heterocycles. The van der Waals surface area contributed by atoms with Crippen molar-refractivity contribution in [3.8, 4) is 5.75 Å². The Balaban J connectivity index is 0.000000572. The minimum Gasteiger partial charge on any atom is -0.496 e. The summed E-state index contributed by atoms with van der Waals surface area (Å²) >= 11 is 0. The van der Waals surface area contributed by atoms with Gasteiger partial charge in [-0.2, -0.15) is 0 Å². The molecule has 3 aromatic carbocycles. The highest BCUT2D eigenvalue weighted by molar-refractivity contribution is 5.62. The van der Waals surface area contributed by atoms with E-state index in [1.54, 1.807) is 7.11 Å². The molecule has 3 aromatic rings. The molecule has 0 heterocycles. The number of hydrogen-bond donors (Lipinski definition) is 0. The molecule has 0 spiro atoms. The molecule has 1 unspecified atom stereocenters. The topological polar surface area (TPSA) is 9.23 Å². The zero-order chi connectivity index (χ0) is 34.7. The number of aryl methyl sites for hydroxylation is 5. The highest BCUT2D eigenvalue weighted by Gasteiger charge is 2.23. The quantitative estimate of drug-likeness (QED) is 0.184. The van der Waals surface area contributed by atoms with E-state index in [1.807, 2.05) is 0 Å². The third kappa shape index (κ3) is 12.6. The zero-order valence-electron chi connectivity index (χ0n) is 32.0. The summed E-state index contributed by atoms with van der Waals surface area (Å²) in [6, 6.07) is 18.0. The van der Waals surface area contributed by atoms with Gasteiger partial charge >= 0.3 is 0 Å². The first kappa shape index (κ1) is 39.1. The molecule has 0 N–H and O–H groups in total. The molecule has 0 bridgehead atoms. The van der Waals surface area contributed by atoms with E-state index in [1.165, 1.54) is 82.2 Å². The Kier molecular flexibility index (Phi) is 15.1. The lowest BCUT2D eigenvalue weighted by Crippen LogP contribution is -2.16. The summed E-state index contributed by atoms with van der Waals surface area (Å²) < 4.78 is 5.90. The number of ether oxygens (including phenoxy) is 1. The predicted molar refractivity (Wildman–Crippen MR) is 206 cm³/mol. The largest absolute Gasteiger partial charge is 0.496 e. The second kappa shape index (κ2) is 17.7. The van der Waals surface area contributed by atoms with Crippen LogP contribution in [-0.2, 0) is 10.8 Å². The van der Waals surface area contributed by atoms with Crippen LogP contribution in [0.4, 0.5) is 0 Å². The fourth-order valence-corrected chi connectivity index (χ4v) is 6.31. The highest BCUT2D eigenvalue weighted by atomic mass is 16.5. The summed E-state index contributed by atoms with van der Waals surface area (Å²) in [4.78, 5) is 0. The average Bonchev–Trinajstić information content (AvgIpc) is 2.95. The second-order valence-electron chi connectivity index (χ2n) is 15.5. The number of allylic oxidation sites excluding steroid dienone is 2. The number of rotatable bonds is 13. The number of hydrogen-bond acceptors (Lipinski definition) is 1. The summed E-state index contributed by atoms with van der Waals surface area (Å²) in [7, 11) is 1.77. The summed E-state index contributed by atoms with van der Waals surface area (Å²) in [6.45, 7) is 29.2. The Morgan fingerprint density at radius 1 is 0.652 bits per heavy atom. The second-order valence-corrected chi connectivity index (χ2v) is 15.5. The molecule has 1 nitrogen and oxygen atoms in total. The van der Waals surface area contributed by atoms with Gasteiger partial charge in [0.1, 0.15) is 5.75 Å². The van der Waals surface area contributed by atoms with Gasteiger partial charge in [-0.05, 0) is 74.8 Å². The van der Waals surface area contributed by atoms with Gasteiger partial charge in [-0.3, -0.25) is 0 Å². The van der Waals surface area contributed by atoms with Crippen molar-refractivity contribution >= 4 is 12.2 Å². The average molecular weight is 623 g/mol. The lowest BCUT2D eigenvalue weighted by Gasteiger charge is -2.26. The molecule has 0 saturated heterocycles. The maximum Gasteiger partial charge on any atom is 0.123 e. The van der Waals surface area contributed by atoms with Crippen LogP contribution in [0, 0.1) is 46.5 Å². The molecule has 0 fully saturated rings. The molecule has 0 radical (unpaired) electrons. The first-order valence-electron chi connectivity index (χ1n) is 17.7. The minimum absolute atomic E-state index is 0.0664. The van der Waals surface area contributed by atoms with Crippen LogP contribution < -0.4 is 4.74 Å². The summed E-state index contributed by atoms with van der Waals surface area (Å²) in [5.74, 6) is 2.78. The van der Waals surface area contributed by atoms with Gasteiger partial charge in [0.05, 0.1) is 7.11 Å². The van der Waals surface area contributed by atoms with Crippen LogP contribution in [-0.4, -0.2) is 7.11 Å². The van der Waals surface area contributed by atoms with Crippen LogP contribution in [0.5, 0.6) is 5.75 Å². The van der Waals surface area contributed by atoms with E-state index in [0.29, 0.717) is 0 Å². The SMILES string of the molecule is CCCC(C)CCCC(C)C.COc1cc(/C=C/C(C)(C)c2cc(C)cc(C)c2)c(C)cc1C(C)(C)/C=C/c1cc(C)cc(C)c1. The first-order chi connectivity index (χ1) is 21.5. The summed E-state index contributed by atoms with van der Waals surface area (Å²) in [5.41, 5.74) is 11.2. The van der Waals surface area contributed by atoms with Gasteiger partial charge in [-0.15, -0.1) is 0 Å². The molecule has 0 saturated carbocycles. The zero-order valence-corrected chi connectivity index (χ0v) is 32.0. The highest BCUT2D eigenvalue weighted by Crippen LogP contribution is 2.37. The third-order valence-corrected chi connectivity index (χ3v) is 9.12. The Labute approximate surface area is 284 Å². The Morgan fingerprint density at radius 3 is 1.72 bits per heavy atom.